The van der Waals surface area contributed by atoms with E-state index in [0.717, 1.165) is 48.9 Å². The van der Waals surface area contributed by atoms with Crippen molar-refractivity contribution in [1.29, 1.82) is 0 Å². The van der Waals surface area contributed by atoms with Crippen molar-refractivity contribution in [2.75, 3.05) is 18.4 Å². The second-order valence-corrected chi connectivity index (χ2v) is 8.65. The van der Waals surface area contributed by atoms with Gasteiger partial charge in [0.15, 0.2) is 0 Å². The zero-order chi connectivity index (χ0) is 18.6. The molecule has 1 aliphatic rings. The Morgan fingerprint density at radius 3 is 3.00 bits per heavy atom. The smallest absolute Gasteiger partial charge is 0.229 e. The molecular weight excluding hydrogens is 376 g/mol. The van der Waals surface area contributed by atoms with Crippen molar-refractivity contribution in [1.82, 2.24) is 14.9 Å². The van der Waals surface area contributed by atoms with Crippen molar-refractivity contribution >= 4 is 34.4 Å². The van der Waals surface area contributed by atoms with Crippen LogP contribution in [0.1, 0.15) is 24.2 Å². The minimum Gasteiger partial charge on any atom is -0.310 e. The van der Waals surface area contributed by atoms with Gasteiger partial charge in [0.25, 0.3) is 0 Å². The molecule has 0 spiro atoms. The van der Waals surface area contributed by atoms with Crippen molar-refractivity contribution in [3.8, 4) is 9.88 Å². The number of aryl methyl sites for hydroxylation is 1. The second kappa shape index (κ2) is 8.29. The van der Waals surface area contributed by atoms with Gasteiger partial charge in [0.1, 0.15) is 10.8 Å². The molecule has 5 nitrogen and oxygen atoms in total. The van der Waals surface area contributed by atoms with Gasteiger partial charge in [-0.2, -0.15) is 0 Å². The van der Waals surface area contributed by atoms with Gasteiger partial charge in [0.2, 0.25) is 5.91 Å². The molecule has 7 heteroatoms. The average Bonchev–Trinajstić information content (AvgIpc) is 3.33. The highest BCUT2D eigenvalue weighted by molar-refractivity contribution is 7.20. The van der Waals surface area contributed by atoms with E-state index in [1.54, 1.807) is 22.7 Å². The summed E-state index contributed by atoms with van der Waals surface area (Å²) in [6, 6.07) is 9.84. The van der Waals surface area contributed by atoms with Crippen LogP contribution in [0.15, 0.2) is 41.1 Å². The van der Waals surface area contributed by atoms with Gasteiger partial charge in [-0.05, 0) is 49.9 Å². The molecule has 1 fully saturated rings. The second-order valence-electron chi connectivity index (χ2n) is 6.85. The Morgan fingerprint density at radius 1 is 1.26 bits per heavy atom. The molecule has 1 amide bonds. The average molecular weight is 399 g/mol. The summed E-state index contributed by atoms with van der Waals surface area (Å²) in [5, 5.41) is 8.26. The van der Waals surface area contributed by atoms with E-state index in [9.17, 15) is 4.79 Å². The first kappa shape index (κ1) is 18.3. The highest BCUT2D eigenvalue weighted by Gasteiger charge is 2.26. The normalized spacial score (nSPS) is 17.7. The highest BCUT2D eigenvalue weighted by Crippen LogP contribution is 2.29. The molecule has 0 radical (unpaired) electrons. The third-order valence-corrected chi connectivity index (χ3v) is 6.62. The maximum atomic E-state index is 12.6. The first-order valence-corrected chi connectivity index (χ1v) is 10.9. The SMILES string of the molecule is Cc1cccc(NC(=O)C2CCCN(Cc3csc(-c4cccs4)n3)C2)n1. The lowest BCUT2D eigenvalue weighted by molar-refractivity contribution is -0.121. The van der Waals surface area contributed by atoms with Crippen LogP contribution >= 0.6 is 22.7 Å². The molecule has 1 N–H and O–H groups in total. The molecule has 1 aliphatic heterocycles. The third kappa shape index (κ3) is 4.61. The number of pyridine rings is 1. The van der Waals surface area contributed by atoms with Crippen LogP contribution in [0.2, 0.25) is 0 Å². The van der Waals surface area contributed by atoms with Crippen molar-refractivity contribution in [2.24, 2.45) is 5.92 Å². The van der Waals surface area contributed by atoms with Crippen molar-refractivity contribution < 1.29 is 4.79 Å². The molecule has 1 unspecified atom stereocenters. The van der Waals surface area contributed by atoms with Gasteiger partial charge in [0.05, 0.1) is 16.5 Å². The van der Waals surface area contributed by atoms with Gasteiger partial charge in [0, 0.05) is 24.2 Å². The zero-order valence-electron chi connectivity index (χ0n) is 15.2. The number of nitrogens with zero attached hydrogens (tertiary/aromatic N) is 3. The summed E-state index contributed by atoms with van der Waals surface area (Å²) in [4.78, 5) is 25.3. The van der Waals surface area contributed by atoms with Crippen molar-refractivity contribution in [2.45, 2.75) is 26.3 Å². The minimum atomic E-state index is -0.00327. The number of hydrogen-bond donors (Lipinski definition) is 1. The molecular formula is C20H22N4OS2. The lowest BCUT2D eigenvalue weighted by Gasteiger charge is -2.31. The Bertz CT molecular complexity index is 906. The van der Waals surface area contributed by atoms with Crippen LogP contribution in [0.3, 0.4) is 0 Å². The van der Waals surface area contributed by atoms with Crippen molar-refractivity contribution in [3.63, 3.8) is 0 Å². The quantitative estimate of drug-likeness (QED) is 0.691. The Kier molecular flexibility index (Phi) is 5.61. The standard InChI is InChI=1S/C20H22N4OS2/c1-14-5-2-8-18(21-14)23-19(25)15-6-3-9-24(11-15)12-16-13-27-20(22-16)17-7-4-10-26-17/h2,4-5,7-8,10,13,15H,3,6,9,11-12H2,1H3,(H,21,23,25). The predicted octanol–water partition coefficient (Wildman–Crippen LogP) is 4.43. The summed E-state index contributed by atoms with van der Waals surface area (Å²) in [5.41, 5.74) is 1.99. The number of aromatic nitrogens is 2. The molecule has 3 aromatic rings. The number of nitrogens with one attached hydrogen (secondary N) is 1. The molecule has 0 aromatic carbocycles. The maximum absolute atomic E-state index is 12.6. The lowest BCUT2D eigenvalue weighted by Crippen LogP contribution is -2.40. The van der Waals surface area contributed by atoms with E-state index in [-0.39, 0.29) is 11.8 Å². The number of carbonyl (C=O) groups excluding carboxylic acids is 1. The highest BCUT2D eigenvalue weighted by atomic mass is 32.1. The molecule has 1 atom stereocenters. The van der Waals surface area contributed by atoms with E-state index in [1.165, 1.54) is 4.88 Å². The summed E-state index contributed by atoms with van der Waals surface area (Å²) < 4.78 is 0. The van der Waals surface area contributed by atoms with E-state index < -0.39 is 0 Å². The number of likely N-dealkylation sites (tertiary alicyclic amines) is 1. The number of anilines is 1. The summed E-state index contributed by atoms with van der Waals surface area (Å²) in [5.74, 6) is 0.698. The molecule has 1 saturated heterocycles. The van der Waals surface area contributed by atoms with E-state index in [2.05, 4.69) is 38.1 Å². The van der Waals surface area contributed by atoms with Crippen LogP contribution in [0.4, 0.5) is 5.82 Å². The molecule has 3 aromatic heterocycles. The Hall–Kier alpha value is -2.09. The fourth-order valence-electron chi connectivity index (χ4n) is 3.38. The van der Waals surface area contributed by atoms with Gasteiger partial charge in [-0.25, -0.2) is 9.97 Å². The molecule has 4 heterocycles. The van der Waals surface area contributed by atoms with Gasteiger partial charge in [-0.15, -0.1) is 22.7 Å². The van der Waals surface area contributed by atoms with E-state index in [0.29, 0.717) is 5.82 Å². The topological polar surface area (TPSA) is 58.1 Å². The van der Waals surface area contributed by atoms with Crippen LogP contribution in [0, 0.1) is 12.8 Å². The lowest BCUT2D eigenvalue weighted by atomic mass is 9.97. The number of amides is 1. The largest absolute Gasteiger partial charge is 0.310 e. The minimum absolute atomic E-state index is 0.00327. The summed E-state index contributed by atoms with van der Waals surface area (Å²) >= 11 is 3.41. The summed E-state index contributed by atoms with van der Waals surface area (Å²) in [7, 11) is 0. The molecule has 0 saturated carbocycles. The predicted molar refractivity (Wildman–Crippen MR) is 111 cm³/mol. The Morgan fingerprint density at radius 2 is 2.19 bits per heavy atom. The molecule has 0 aliphatic carbocycles. The van der Waals surface area contributed by atoms with Crippen molar-refractivity contribution in [3.05, 3.63) is 52.5 Å². The number of carbonyl (C=O) groups is 1. The monoisotopic (exact) mass is 398 g/mol. The molecule has 0 bridgehead atoms. The van der Waals surface area contributed by atoms with E-state index in [4.69, 9.17) is 4.98 Å². The van der Waals surface area contributed by atoms with Gasteiger partial charge < -0.3 is 5.32 Å². The van der Waals surface area contributed by atoms with Crippen LogP contribution < -0.4 is 5.32 Å². The van der Waals surface area contributed by atoms with Gasteiger partial charge in [-0.1, -0.05) is 12.1 Å². The number of thiophene rings is 1. The number of rotatable bonds is 5. The van der Waals surface area contributed by atoms with Crippen LogP contribution in [0.5, 0.6) is 0 Å². The fourth-order valence-corrected chi connectivity index (χ4v) is 5.00. The summed E-state index contributed by atoms with van der Waals surface area (Å²) in [6.45, 7) is 4.51. The third-order valence-electron chi connectivity index (χ3n) is 4.69. The van der Waals surface area contributed by atoms with Gasteiger partial charge in [-0.3, -0.25) is 9.69 Å². The zero-order valence-corrected chi connectivity index (χ0v) is 16.9. The van der Waals surface area contributed by atoms with E-state index in [1.807, 2.05) is 25.1 Å². The van der Waals surface area contributed by atoms with Gasteiger partial charge >= 0.3 is 0 Å². The number of piperidine rings is 1. The molecule has 27 heavy (non-hydrogen) atoms. The maximum Gasteiger partial charge on any atom is 0.229 e. The number of hydrogen-bond acceptors (Lipinski definition) is 6. The Balaban J connectivity index is 1.36. The first-order chi connectivity index (χ1) is 13.2. The van der Waals surface area contributed by atoms with Crippen LogP contribution in [0.25, 0.3) is 9.88 Å². The first-order valence-electron chi connectivity index (χ1n) is 9.12. The van der Waals surface area contributed by atoms with Crippen LogP contribution in [-0.4, -0.2) is 33.9 Å². The number of thiazole rings is 1. The molecule has 4 rings (SSSR count). The summed E-state index contributed by atoms with van der Waals surface area (Å²) in [6.07, 6.45) is 1.95. The van der Waals surface area contributed by atoms with Crippen LogP contribution in [-0.2, 0) is 11.3 Å². The Labute approximate surface area is 167 Å². The fraction of sp³-hybridized carbons (Fsp3) is 0.350. The van der Waals surface area contributed by atoms with E-state index >= 15 is 0 Å². The molecule has 140 valence electrons.